The SMILES string of the molecule is CCCCCCCCCCCCC(COC(=O)c1ccc(OC(C)C)c(NC(=O)C(Oc2ccc(S(C)(=O)=O)cc2NS(C)(=O)=O)C(=O)C(C)(C)C)c1)Oc1ccc(O)c(C(C)(C)C)c1.[Ac]. The zero-order valence-corrected chi connectivity index (χ0v) is 47.1. The topological polar surface area (TPSA) is 201 Å². The van der Waals surface area contributed by atoms with E-state index in [1.807, 2.05) is 20.8 Å². The Balaban J connectivity index is 0.0000150. The Bertz CT molecular complexity index is 2300. The van der Waals surface area contributed by atoms with E-state index >= 15 is 0 Å². The number of aromatic hydroxyl groups is 1. The number of phenolic OH excluding ortho intramolecular Hbond substituents is 1. The summed E-state index contributed by atoms with van der Waals surface area (Å²) in [6.45, 7) is 16.4. The first-order valence-electron chi connectivity index (χ1n) is 22.5. The quantitative estimate of drug-likeness (QED) is 0.0391. The number of sulfone groups is 1. The van der Waals surface area contributed by atoms with E-state index in [2.05, 4.69) is 17.0 Å². The molecule has 14 nitrogen and oxygen atoms in total. The Kier molecular flexibility index (Phi) is 23.5. The number of unbranched alkanes of at least 4 members (excludes halogenated alkanes) is 9. The summed E-state index contributed by atoms with van der Waals surface area (Å²) >= 11 is 0. The predicted octanol–water partition coefficient (Wildman–Crippen LogP) is 10.2. The molecule has 1 amide bonds. The number of sulfonamides is 1. The number of phenols is 1. The Hall–Kier alpha value is -3.39. The fourth-order valence-electron chi connectivity index (χ4n) is 6.85. The third kappa shape index (κ3) is 20.1. The molecular formula is C49H72AcN2O12S2. The number of anilines is 2. The van der Waals surface area contributed by atoms with Gasteiger partial charge in [0.25, 0.3) is 5.91 Å². The predicted molar refractivity (Wildman–Crippen MR) is 256 cm³/mol. The van der Waals surface area contributed by atoms with Crippen molar-refractivity contribution < 1.29 is 99.3 Å². The molecule has 0 aliphatic heterocycles. The van der Waals surface area contributed by atoms with Gasteiger partial charge in [0.2, 0.25) is 16.1 Å². The van der Waals surface area contributed by atoms with E-state index in [9.17, 15) is 36.3 Å². The van der Waals surface area contributed by atoms with Crippen LogP contribution in [0.4, 0.5) is 11.4 Å². The molecule has 3 aromatic carbocycles. The van der Waals surface area contributed by atoms with Crippen LogP contribution < -0.4 is 24.2 Å². The van der Waals surface area contributed by atoms with Gasteiger partial charge in [-0.1, -0.05) is 106 Å². The maximum atomic E-state index is 14.2. The molecule has 3 rings (SSSR count). The van der Waals surface area contributed by atoms with Crippen molar-refractivity contribution in [1.29, 1.82) is 0 Å². The van der Waals surface area contributed by atoms with Crippen molar-refractivity contribution in [1.82, 2.24) is 0 Å². The average molecular weight is 1170 g/mol. The molecule has 66 heavy (non-hydrogen) atoms. The molecule has 3 N–H and O–H groups in total. The molecular weight excluding hydrogens is 1100 g/mol. The summed E-state index contributed by atoms with van der Waals surface area (Å²) in [5.41, 5.74) is -1.01. The maximum absolute atomic E-state index is 14.2. The van der Waals surface area contributed by atoms with Crippen LogP contribution in [0.1, 0.15) is 149 Å². The van der Waals surface area contributed by atoms with E-state index < -0.39 is 55.1 Å². The zero-order valence-electron chi connectivity index (χ0n) is 40.7. The van der Waals surface area contributed by atoms with E-state index in [0.717, 1.165) is 55.9 Å². The first-order chi connectivity index (χ1) is 30.2. The van der Waals surface area contributed by atoms with Gasteiger partial charge in [0.05, 0.1) is 34.2 Å². The zero-order chi connectivity index (χ0) is 48.8. The van der Waals surface area contributed by atoms with Crippen LogP contribution in [0.25, 0.3) is 0 Å². The molecule has 0 aliphatic carbocycles. The van der Waals surface area contributed by atoms with Crippen LogP contribution >= 0.6 is 0 Å². The molecule has 0 aromatic heterocycles. The summed E-state index contributed by atoms with van der Waals surface area (Å²) in [6, 6.07) is 12.8. The maximum Gasteiger partial charge on any atom is 0.338 e. The molecule has 0 saturated carbocycles. The van der Waals surface area contributed by atoms with Gasteiger partial charge in [-0.3, -0.25) is 14.3 Å². The van der Waals surface area contributed by atoms with Gasteiger partial charge in [0.1, 0.15) is 35.7 Å². The molecule has 0 saturated heterocycles. The normalized spacial score (nSPS) is 13.0. The summed E-state index contributed by atoms with van der Waals surface area (Å²) in [7, 11) is -7.78. The number of hydrogen-bond donors (Lipinski definition) is 3. The summed E-state index contributed by atoms with van der Waals surface area (Å²) in [5, 5.41) is 13.2. The van der Waals surface area contributed by atoms with Crippen molar-refractivity contribution in [3.05, 3.63) is 65.7 Å². The minimum Gasteiger partial charge on any atom is -0.508 e. The molecule has 0 fully saturated rings. The fraction of sp³-hybridized carbons (Fsp3) is 0.571. The number of ketones is 1. The van der Waals surface area contributed by atoms with Crippen molar-refractivity contribution >= 4 is 48.9 Å². The number of hydrogen-bond acceptors (Lipinski definition) is 12. The summed E-state index contributed by atoms with van der Waals surface area (Å²) in [6.07, 6.45) is 11.2. The van der Waals surface area contributed by atoms with Gasteiger partial charge in [-0.15, -0.1) is 0 Å². The van der Waals surface area contributed by atoms with E-state index in [-0.39, 0.29) is 101 Å². The number of ether oxygens (including phenoxy) is 4. The van der Waals surface area contributed by atoms with Gasteiger partial charge in [-0.05, 0) is 86.7 Å². The Morgan fingerprint density at radius 2 is 1.29 bits per heavy atom. The van der Waals surface area contributed by atoms with Crippen LogP contribution in [0.15, 0.2) is 59.5 Å². The number of benzene rings is 3. The molecule has 365 valence electrons. The number of carbonyl (C=O) groups excluding carboxylic acids is 3. The standard InChI is InChI=1S/C49H72N2O12S2.Ac/c1-12-13-14-15-16-17-18-19-20-21-22-36(62-35-24-26-41(52)38(30-35)48(4,5)6)32-60-47(55)34-23-27-42(61-33(2)3)39(29-34)50-46(54)44(45(53)49(7,8)9)63-43-28-25-37(64(10,56)57)31-40(43)51-65(11,58)59;/h23-31,33,36,44,51-52H,12-22,32H2,1-11H3,(H,50,54);. The molecule has 2 atom stereocenters. The van der Waals surface area contributed by atoms with Crippen LogP contribution in [0.3, 0.4) is 0 Å². The van der Waals surface area contributed by atoms with Crippen molar-refractivity contribution in [3.8, 4) is 23.0 Å². The summed E-state index contributed by atoms with van der Waals surface area (Å²) in [5.74, 6) is -1.79. The van der Waals surface area contributed by atoms with Crippen molar-refractivity contribution in [2.45, 2.75) is 162 Å². The van der Waals surface area contributed by atoms with Gasteiger partial charge >= 0.3 is 5.97 Å². The van der Waals surface area contributed by atoms with E-state index in [0.29, 0.717) is 12.2 Å². The van der Waals surface area contributed by atoms with E-state index in [1.54, 1.807) is 52.8 Å². The molecule has 3 aromatic rings. The summed E-state index contributed by atoms with van der Waals surface area (Å²) < 4.78 is 75.7. The van der Waals surface area contributed by atoms with Crippen molar-refractivity contribution in [2.75, 3.05) is 29.2 Å². The van der Waals surface area contributed by atoms with E-state index in [4.69, 9.17) is 18.9 Å². The largest absolute Gasteiger partial charge is 0.508 e. The number of amides is 1. The number of Topliss-reactive ketones (excluding diaryl/α,β-unsaturated/α-hetero) is 1. The number of esters is 1. The average Bonchev–Trinajstić information content (AvgIpc) is 3.19. The van der Waals surface area contributed by atoms with Crippen LogP contribution in [-0.2, 0) is 39.6 Å². The second kappa shape index (κ2) is 26.4. The van der Waals surface area contributed by atoms with Crippen LogP contribution in [0.5, 0.6) is 23.0 Å². The summed E-state index contributed by atoms with van der Waals surface area (Å²) in [4.78, 5) is 41.6. The van der Waals surface area contributed by atoms with Crippen LogP contribution in [0, 0.1) is 49.5 Å². The van der Waals surface area contributed by atoms with Gasteiger partial charge in [0, 0.05) is 61.3 Å². The third-order valence-electron chi connectivity index (χ3n) is 10.3. The second-order valence-corrected chi connectivity index (χ2v) is 22.8. The van der Waals surface area contributed by atoms with Crippen LogP contribution in [0.2, 0.25) is 0 Å². The Morgan fingerprint density at radius 1 is 0.712 bits per heavy atom. The van der Waals surface area contributed by atoms with Gasteiger partial charge in [-0.2, -0.15) is 0 Å². The van der Waals surface area contributed by atoms with Crippen LogP contribution in [-0.4, -0.2) is 77.0 Å². The fourth-order valence-corrected chi connectivity index (χ4v) is 8.05. The monoisotopic (exact) mass is 1170 g/mol. The molecule has 0 aliphatic rings. The van der Waals surface area contributed by atoms with Gasteiger partial charge in [-0.25, -0.2) is 21.6 Å². The molecule has 17 heteroatoms. The second-order valence-electron chi connectivity index (χ2n) is 19.0. The first kappa shape index (κ1) is 58.7. The Morgan fingerprint density at radius 3 is 1.83 bits per heavy atom. The number of nitrogens with one attached hydrogen (secondary N) is 2. The van der Waals surface area contributed by atoms with Crippen molar-refractivity contribution in [2.24, 2.45) is 5.41 Å². The molecule has 0 spiro atoms. The molecule has 1 radical (unpaired) electrons. The number of rotatable bonds is 26. The first-order valence-corrected chi connectivity index (χ1v) is 26.3. The van der Waals surface area contributed by atoms with Crippen molar-refractivity contribution in [3.63, 3.8) is 0 Å². The molecule has 0 bridgehead atoms. The minimum atomic E-state index is -3.98. The Labute approximate surface area is 429 Å². The minimum absolute atomic E-state index is 0. The smallest absolute Gasteiger partial charge is 0.338 e. The third-order valence-corrected chi connectivity index (χ3v) is 12.0. The van der Waals surface area contributed by atoms with Gasteiger partial charge in [0.15, 0.2) is 15.6 Å². The molecule has 0 heterocycles. The van der Waals surface area contributed by atoms with E-state index in [1.165, 1.54) is 62.8 Å². The van der Waals surface area contributed by atoms with Gasteiger partial charge < -0.3 is 29.4 Å². The number of carbonyl (C=O) groups is 3. The molecule has 2 unspecified atom stereocenters.